The second-order valence-electron chi connectivity index (χ2n) is 8.94. The maximum absolute atomic E-state index is 12.8. The number of hydrogen-bond donors (Lipinski definition) is 6. The van der Waals surface area contributed by atoms with Gasteiger partial charge in [-0.05, 0) is 64.5 Å². The standard InChI is InChI=1S/C23H34N4O9S4/c1-14(28)17(27-23(30)19(25-3)13-16-8-10-21(38-16)40(34,35)36)6-4-5-11-26-22(29)18(24-2)12-15-7-9-20(37-15)39(31,32)33/h7-10,17-19,24-25H,4-6,11-13H2,1-3H3,(H,26,29)(H,27,30)(H,31,32,33)(H,34,35,36). The Morgan fingerprint density at radius 1 is 0.775 bits per heavy atom. The molecule has 0 saturated heterocycles. The molecule has 2 aromatic rings. The molecule has 0 aliphatic heterocycles. The first-order valence-electron chi connectivity index (χ1n) is 12.2. The zero-order valence-corrected chi connectivity index (χ0v) is 25.4. The topological polar surface area (TPSA) is 208 Å². The Morgan fingerprint density at radius 2 is 1.25 bits per heavy atom. The molecule has 0 saturated carbocycles. The molecule has 0 bridgehead atoms. The molecule has 40 heavy (non-hydrogen) atoms. The molecule has 0 radical (unpaired) electrons. The van der Waals surface area contributed by atoms with E-state index in [1.165, 1.54) is 31.2 Å². The van der Waals surface area contributed by atoms with E-state index < -0.39 is 44.3 Å². The van der Waals surface area contributed by atoms with Crippen molar-refractivity contribution >= 4 is 60.5 Å². The minimum atomic E-state index is -4.33. The lowest BCUT2D eigenvalue weighted by Gasteiger charge is -2.21. The second-order valence-corrected chi connectivity index (χ2v) is 14.6. The Kier molecular flexibility index (Phi) is 12.8. The van der Waals surface area contributed by atoms with Crippen LogP contribution in [0.1, 0.15) is 35.9 Å². The minimum Gasteiger partial charge on any atom is -0.355 e. The van der Waals surface area contributed by atoms with Crippen molar-refractivity contribution in [1.82, 2.24) is 21.3 Å². The molecular formula is C23H34N4O9S4. The highest BCUT2D eigenvalue weighted by molar-refractivity contribution is 7.88. The van der Waals surface area contributed by atoms with Gasteiger partial charge in [0, 0.05) is 29.1 Å². The number of carbonyl (C=O) groups excluding carboxylic acids is 3. The number of Topliss-reactive ketones (excluding diaryl/α,β-unsaturated/α-hetero) is 1. The summed E-state index contributed by atoms with van der Waals surface area (Å²) in [5.74, 6) is -0.948. The Labute approximate surface area is 241 Å². The summed E-state index contributed by atoms with van der Waals surface area (Å²) in [4.78, 5) is 38.7. The maximum atomic E-state index is 12.8. The summed E-state index contributed by atoms with van der Waals surface area (Å²) in [6.07, 6.45) is 1.81. The summed E-state index contributed by atoms with van der Waals surface area (Å²) in [6.45, 7) is 1.69. The molecular weight excluding hydrogens is 605 g/mol. The third-order valence-electron chi connectivity index (χ3n) is 5.95. The van der Waals surface area contributed by atoms with Gasteiger partial charge in [-0.3, -0.25) is 23.5 Å². The van der Waals surface area contributed by atoms with E-state index in [2.05, 4.69) is 21.3 Å². The summed E-state index contributed by atoms with van der Waals surface area (Å²) < 4.78 is 62.9. The van der Waals surface area contributed by atoms with Gasteiger partial charge in [0.15, 0.2) is 5.78 Å². The molecule has 224 valence electrons. The fourth-order valence-corrected chi connectivity index (χ4v) is 7.25. The highest BCUT2D eigenvalue weighted by Gasteiger charge is 2.24. The maximum Gasteiger partial charge on any atom is 0.304 e. The molecule has 0 aliphatic carbocycles. The van der Waals surface area contributed by atoms with Crippen molar-refractivity contribution in [1.29, 1.82) is 0 Å². The van der Waals surface area contributed by atoms with Crippen molar-refractivity contribution in [2.24, 2.45) is 0 Å². The Hall–Kier alpha value is -2.25. The molecule has 2 aromatic heterocycles. The number of likely N-dealkylation sites (N-methyl/N-ethyl adjacent to an activating group) is 2. The predicted octanol–water partition coefficient (Wildman–Crippen LogP) is 0.625. The summed E-state index contributed by atoms with van der Waals surface area (Å²) in [5.41, 5.74) is 0. The van der Waals surface area contributed by atoms with Gasteiger partial charge in [0.1, 0.15) is 8.42 Å². The first-order chi connectivity index (χ1) is 18.6. The van der Waals surface area contributed by atoms with E-state index in [1.54, 1.807) is 14.1 Å². The van der Waals surface area contributed by atoms with Crippen molar-refractivity contribution in [2.75, 3.05) is 20.6 Å². The SMILES string of the molecule is CNC(Cc1ccc(S(=O)(=O)O)s1)C(=O)NCCCCC(NC(=O)C(Cc1ccc(S(=O)(=O)O)s1)NC)C(C)=O. The normalized spacial score (nSPS) is 14.3. The Balaban J connectivity index is 1.81. The van der Waals surface area contributed by atoms with Crippen LogP contribution < -0.4 is 21.3 Å². The van der Waals surface area contributed by atoms with Crippen LogP contribution in [-0.2, 0) is 47.5 Å². The monoisotopic (exact) mass is 638 g/mol. The van der Waals surface area contributed by atoms with E-state index in [1.807, 2.05) is 0 Å². The lowest BCUT2D eigenvalue weighted by Crippen LogP contribution is -2.49. The number of rotatable bonds is 17. The van der Waals surface area contributed by atoms with Gasteiger partial charge < -0.3 is 21.3 Å². The van der Waals surface area contributed by atoms with Gasteiger partial charge in [0.2, 0.25) is 11.8 Å². The lowest BCUT2D eigenvalue weighted by atomic mass is 10.0. The highest BCUT2D eigenvalue weighted by Crippen LogP contribution is 2.23. The van der Waals surface area contributed by atoms with Crippen LogP contribution >= 0.6 is 22.7 Å². The number of carbonyl (C=O) groups is 3. The molecule has 0 aliphatic rings. The van der Waals surface area contributed by atoms with Gasteiger partial charge in [-0.1, -0.05) is 0 Å². The van der Waals surface area contributed by atoms with Crippen LogP contribution in [0.4, 0.5) is 0 Å². The predicted molar refractivity (Wildman–Crippen MR) is 151 cm³/mol. The number of thiophene rings is 2. The van der Waals surface area contributed by atoms with Crippen LogP contribution in [0.25, 0.3) is 0 Å². The molecule has 2 heterocycles. The fraction of sp³-hybridized carbons (Fsp3) is 0.522. The lowest BCUT2D eigenvalue weighted by molar-refractivity contribution is -0.128. The van der Waals surface area contributed by atoms with Gasteiger partial charge in [-0.25, -0.2) is 0 Å². The van der Waals surface area contributed by atoms with Gasteiger partial charge in [-0.2, -0.15) is 16.8 Å². The fourth-order valence-electron chi connectivity index (χ4n) is 3.72. The van der Waals surface area contributed by atoms with Crippen molar-refractivity contribution < 1.29 is 40.3 Å². The van der Waals surface area contributed by atoms with Gasteiger partial charge >= 0.3 is 20.2 Å². The molecule has 6 N–H and O–H groups in total. The van der Waals surface area contributed by atoms with E-state index in [0.717, 1.165) is 22.7 Å². The molecule has 2 rings (SSSR count). The smallest absolute Gasteiger partial charge is 0.304 e. The van der Waals surface area contributed by atoms with Crippen molar-refractivity contribution in [3.05, 3.63) is 34.0 Å². The molecule has 2 amide bonds. The van der Waals surface area contributed by atoms with Gasteiger partial charge in [0.05, 0.1) is 18.1 Å². The summed E-state index contributed by atoms with van der Waals surface area (Å²) >= 11 is 1.74. The molecule has 0 aromatic carbocycles. The molecule has 17 heteroatoms. The molecule has 0 fully saturated rings. The average Bonchev–Trinajstić information content (AvgIpc) is 3.54. The van der Waals surface area contributed by atoms with Crippen molar-refractivity contribution in [3.8, 4) is 0 Å². The number of nitrogens with one attached hydrogen (secondary N) is 4. The van der Waals surface area contributed by atoms with Crippen molar-refractivity contribution in [3.63, 3.8) is 0 Å². The summed E-state index contributed by atoms with van der Waals surface area (Å²) in [7, 11) is -5.45. The number of ketones is 1. The quantitative estimate of drug-likeness (QED) is 0.105. The first kappa shape index (κ1) is 34.0. The van der Waals surface area contributed by atoms with E-state index >= 15 is 0 Å². The molecule has 0 spiro atoms. The van der Waals surface area contributed by atoms with E-state index in [0.29, 0.717) is 35.6 Å². The molecule has 3 unspecified atom stereocenters. The Bertz CT molecular complexity index is 1390. The zero-order chi connectivity index (χ0) is 30.1. The third-order valence-corrected chi connectivity index (χ3v) is 10.8. The van der Waals surface area contributed by atoms with Crippen molar-refractivity contribution in [2.45, 2.75) is 65.6 Å². The third kappa shape index (κ3) is 10.6. The first-order valence-corrected chi connectivity index (χ1v) is 16.7. The van der Waals surface area contributed by atoms with E-state index in [-0.39, 0.29) is 33.0 Å². The van der Waals surface area contributed by atoms with Crippen LogP contribution in [0.3, 0.4) is 0 Å². The van der Waals surface area contributed by atoms with Gasteiger partial charge in [-0.15, -0.1) is 22.7 Å². The van der Waals surface area contributed by atoms with Gasteiger partial charge in [0.25, 0.3) is 0 Å². The molecule has 13 nitrogen and oxygen atoms in total. The van der Waals surface area contributed by atoms with E-state index in [4.69, 9.17) is 9.11 Å². The van der Waals surface area contributed by atoms with Crippen LogP contribution in [0.15, 0.2) is 32.7 Å². The summed E-state index contributed by atoms with van der Waals surface area (Å²) in [6, 6.07) is 3.51. The number of hydrogen-bond acceptors (Lipinski definition) is 11. The molecule has 3 atom stereocenters. The van der Waals surface area contributed by atoms with Crippen LogP contribution in [0.2, 0.25) is 0 Å². The van der Waals surface area contributed by atoms with Crippen LogP contribution in [0, 0.1) is 0 Å². The van der Waals surface area contributed by atoms with Crippen LogP contribution in [-0.4, -0.2) is 82.3 Å². The van der Waals surface area contributed by atoms with E-state index in [9.17, 15) is 31.2 Å². The summed E-state index contributed by atoms with van der Waals surface area (Å²) in [5, 5.41) is 11.2. The average molecular weight is 639 g/mol. The number of amides is 2. The van der Waals surface area contributed by atoms with Crippen LogP contribution in [0.5, 0.6) is 0 Å². The Morgan fingerprint density at radius 3 is 1.65 bits per heavy atom. The second kappa shape index (κ2) is 15.1. The zero-order valence-electron chi connectivity index (χ0n) is 22.2. The largest absolute Gasteiger partial charge is 0.355 e. The highest BCUT2D eigenvalue weighted by atomic mass is 32.3. The minimum absolute atomic E-state index is 0.161. The number of unbranched alkanes of at least 4 members (excludes halogenated alkanes) is 1.